The average molecular weight is 316 g/mol. The molecule has 1 unspecified atom stereocenters. The molecule has 8 heteroatoms. The molecule has 3 rings (SSSR count). The fourth-order valence-corrected chi connectivity index (χ4v) is 3.56. The Morgan fingerprint density at radius 3 is 2.55 bits per heavy atom. The zero-order chi connectivity index (χ0) is 15.9. The summed E-state index contributed by atoms with van der Waals surface area (Å²) in [6, 6.07) is 8.43. The van der Waals surface area contributed by atoms with Crippen LogP contribution in [0.25, 0.3) is 15.8 Å². The van der Waals surface area contributed by atoms with Crippen LogP contribution in [0.5, 0.6) is 0 Å². The number of H-pyrrole nitrogens is 1. The third-order valence-corrected chi connectivity index (χ3v) is 4.63. The maximum atomic E-state index is 12.5. The molecule has 0 saturated carbocycles. The Morgan fingerprint density at radius 2 is 1.91 bits per heavy atom. The summed E-state index contributed by atoms with van der Waals surface area (Å²) in [6.07, 6.45) is 1.40. The number of amides is 3. The van der Waals surface area contributed by atoms with Gasteiger partial charge in [0, 0.05) is 10.9 Å². The highest BCUT2D eigenvalue weighted by atomic mass is 32.2. The second kappa shape index (κ2) is 5.15. The fourth-order valence-electron chi connectivity index (χ4n) is 2.25. The van der Waals surface area contributed by atoms with Gasteiger partial charge in [-0.15, -0.1) is 0 Å². The van der Waals surface area contributed by atoms with Crippen LogP contribution in [0.15, 0.2) is 47.0 Å². The van der Waals surface area contributed by atoms with E-state index in [-0.39, 0.29) is 10.6 Å². The number of aromatic nitrogens is 1. The lowest BCUT2D eigenvalue weighted by Gasteiger charge is -2.05. The third kappa shape index (κ3) is 2.29. The molecule has 2 heterocycles. The van der Waals surface area contributed by atoms with E-state index in [9.17, 15) is 13.8 Å². The lowest BCUT2D eigenvalue weighted by atomic mass is 10.2. The van der Waals surface area contributed by atoms with Crippen molar-refractivity contribution in [3.8, 4) is 0 Å². The quantitative estimate of drug-likeness (QED) is 0.662. The molecule has 1 atom stereocenters. The number of urea groups is 1. The van der Waals surface area contributed by atoms with Crippen molar-refractivity contribution in [3.63, 3.8) is 0 Å². The predicted octanol–water partition coefficient (Wildman–Crippen LogP) is 0.636. The molecule has 7 nitrogen and oxygen atoms in total. The molecule has 0 saturated heterocycles. The number of benzene rings is 1. The van der Waals surface area contributed by atoms with E-state index in [4.69, 9.17) is 11.5 Å². The number of carbonyl (C=O) groups excluding carboxylic acids is 2. The molecule has 1 aliphatic heterocycles. The summed E-state index contributed by atoms with van der Waals surface area (Å²) < 4.78 is 12.5. The molecule has 6 N–H and O–H groups in total. The lowest BCUT2D eigenvalue weighted by molar-refractivity contribution is -0.114. The van der Waals surface area contributed by atoms with Crippen molar-refractivity contribution < 1.29 is 13.8 Å². The van der Waals surface area contributed by atoms with E-state index in [2.05, 4.69) is 10.3 Å². The number of hydrogen-bond donors (Lipinski definition) is 4. The summed E-state index contributed by atoms with van der Waals surface area (Å²) in [4.78, 5) is 26.0. The van der Waals surface area contributed by atoms with Gasteiger partial charge in [0.05, 0.1) is 16.2 Å². The predicted molar refractivity (Wildman–Crippen MR) is 83.4 cm³/mol. The minimum atomic E-state index is -1.75. The lowest BCUT2D eigenvalue weighted by Crippen LogP contribution is -2.31. The maximum Gasteiger partial charge on any atom is 0.317 e. The first-order valence-electron chi connectivity index (χ1n) is 6.29. The summed E-state index contributed by atoms with van der Waals surface area (Å²) in [5.41, 5.74) is 11.7. The number of nitrogens with one attached hydrogen (secondary N) is 2. The molecule has 0 fully saturated rings. The van der Waals surface area contributed by atoms with Gasteiger partial charge in [0.1, 0.15) is 15.8 Å². The minimum absolute atomic E-state index is 0.0224. The Labute approximate surface area is 127 Å². The second-order valence-electron chi connectivity index (χ2n) is 4.64. The van der Waals surface area contributed by atoms with Crippen LogP contribution in [0.2, 0.25) is 0 Å². The van der Waals surface area contributed by atoms with Gasteiger partial charge in [0.25, 0.3) is 5.91 Å². The van der Waals surface area contributed by atoms with E-state index >= 15 is 0 Å². The second-order valence-corrected chi connectivity index (χ2v) is 6.03. The Hall–Kier alpha value is -2.87. The van der Waals surface area contributed by atoms with Gasteiger partial charge in [-0.3, -0.25) is 10.1 Å². The number of carbonyl (C=O) groups is 2. The summed E-state index contributed by atoms with van der Waals surface area (Å²) in [5, 5.41) is 3.06. The van der Waals surface area contributed by atoms with Crippen LogP contribution in [0.1, 0.15) is 5.69 Å². The average Bonchev–Trinajstić information content (AvgIpc) is 3.00. The fraction of sp³-hybridized carbons (Fsp3) is 0. The molecule has 1 aromatic carbocycles. The van der Waals surface area contributed by atoms with E-state index in [1.807, 2.05) is 30.3 Å². The molecule has 2 aromatic rings. The van der Waals surface area contributed by atoms with Gasteiger partial charge in [-0.1, -0.05) is 18.2 Å². The number of para-hydroxylation sites is 1. The Balaban J connectivity index is 2.06. The van der Waals surface area contributed by atoms with Crippen LogP contribution < -0.4 is 16.8 Å². The van der Waals surface area contributed by atoms with Gasteiger partial charge in [-0.05, 0) is 18.2 Å². The van der Waals surface area contributed by atoms with Crippen molar-refractivity contribution in [2.24, 2.45) is 11.5 Å². The van der Waals surface area contributed by atoms with Gasteiger partial charge < -0.3 is 16.5 Å². The van der Waals surface area contributed by atoms with Crippen molar-refractivity contribution in [1.82, 2.24) is 10.3 Å². The van der Waals surface area contributed by atoms with Crippen molar-refractivity contribution >= 4 is 38.5 Å². The van der Waals surface area contributed by atoms with E-state index in [0.717, 1.165) is 10.9 Å². The van der Waals surface area contributed by atoms with Crippen LogP contribution in [0, 0.1) is 0 Å². The van der Waals surface area contributed by atoms with Crippen LogP contribution in [-0.2, 0) is 15.6 Å². The molecule has 0 radical (unpaired) electrons. The highest BCUT2D eigenvalue weighted by Gasteiger charge is 2.29. The van der Waals surface area contributed by atoms with Crippen molar-refractivity contribution in [1.29, 1.82) is 0 Å². The molecular formula is C14H12N4O3S. The largest absolute Gasteiger partial charge is 0.366 e. The topological polar surface area (TPSA) is 131 Å². The molecule has 1 aliphatic rings. The highest BCUT2D eigenvalue weighted by molar-refractivity contribution is 7.98. The molecular weight excluding hydrogens is 304 g/mol. The number of primary amides is 2. The SMILES string of the molecule is NC(=O)NC1=C(C(N)=O)C=C(c2cc3ccccc3[nH]2)S1=O. The molecule has 0 bridgehead atoms. The monoisotopic (exact) mass is 316 g/mol. The zero-order valence-electron chi connectivity index (χ0n) is 11.3. The maximum absolute atomic E-state index is 12.5. The molecule has 3 amide bonds. The van der Waals surface area contributed by atoms with Crippen molar-refractivity contribution in [2.45, 2.75) is 0 Å². The highest BCUT2D eigenvalue weighted by Crippen LogP contribution is 2.32. The number of aromatic amines is 1. The number of rotatable bonds is 3. The third-order valence-electron chi connectivity index (χ3n) is 3.20. The van der Waals surface area contributed by atoms with Gasteiger partial charge in [-0.2, -0.15) is 0 Å². The van der Waals surface area contributed by atoms with E-state index < -0.39 is 22.7 Å². The summed E-state index contributed by atoms with van der Waals surface area (Å²) in [6.45, 7) is 0. The molecule has 0 spiro atoms. The molecule has 0 aliphatic carbocycles. The van der Waals surface area contributed by atoms with Gasteiger partial charge in [0.15, 0.2) is 0 Å². The zero-order valence-corrected chi connectivity index (χ0v) is 12.1. The smallest absolute Gasteiger partial charge is 0.317 e. The standard InChI is InChI=1S/C14H12N4O3S/c15-12(19)8-6-11(22(21)13(8)18-14(16)20)10-5-7-3-1-2-4-9(7)17-10/h1-6,17H,(H2,15,19)(H3,16,18,20). The first kappa shape index (κ1) is 14.1. The molecule has 112 valence electrons. The molecule has 22 heavy (non-hydrogen) atoms. The van der Waals surface area contributed by atoms with Gasteiger partial charge in [-0.25, -0.2) is 9.00 Å². The van der Waals surface area contributed by atoms with Crippen LogP contribution in [0.4, 0.5) is 4.79 Å². The van der Waals surface area contributed by atoms with Gasteiger partial charge in [0.2, 0.25) is 0 Å². The number of hydrogen-bond acceptors (Lipinski definition) is 3. The number of fused-ring (bicyclic) bond motifs is 1. The van der Waals surface area contributed by atoms with Gasteiger partial charge >= 0.3 is 6.03 Å². The Bertz CT molecular complexity index is 861. The van der Waals surface area contributed by atoms with E-state index in [0.29, 0.717) is 10.6 Å². The van der Waals surface area contributed by atoms with Crippen LogP contribution >= 0.6 is 0 Å². The number of nitrogens with two attached hydrogens (primary N) is 2. The normalized spacial score (nSPS) is 17.6. The van der Waals surface area contributed by atoms with E-state index in [1.165, 1.54) is 6.08 Å². The summed E-state index contributed by atoms with van der Waals surface area (Å²) in [5.74, 6) is -0.789. The molecule has 1 aromatic heterocycles. The Morgan fingerprint density at radius 1 is 1.18 bits per heavy atom. The van der Waals surface area contributed by atoms with E-state index in [1.54, 1.807) is 0 Å². The van der Waals surface area contributed by atoms with Crippen molar-refractivity contribution in [3.05, 3.63) is 52.7 Å². The van der Waals surface area contributed by atoms with Crippen molar-refractivity contribution in [2.75, 3.05) is 0 Å². The Kier molecular flexibility index (Phi) is 3.30. The summed E-state index contributed by atoms with van der Waals surface area (Å²) in [7, 11) is -1.75. The van der Waals surface area contributed by atoms with Crippen LogP contribution in [0.3, 0.4) is 0 Å². The summed E-state index contributed by atoms with van der Waals surface area (Å²) >= 11 is 0. The first-order valence-corrected chi connectivity index (χ1v) is 7.44. The first-order chi connectivity index (χ1) is 10.5. The minimum Gasteiger partial charge on any atom is -0.366 e. The van der Waals surface area contributed by atoms with Crippen LogP contribution in [-0.4, -0.2) is 21.1 Å².